The van der Waals surface area contributed by atoms with E-state index in [0.717, 1.165) is 56.7 Å². The molecule has 2 heterocycles. The van der Waals surface area contributed by atoms with Crippen LogP contribution in [-0.4, -0.2) is 55.3 Å². The molecule has 7 heteroatoms. The number of hydrogen-bond acceptors (Lipinski definition) is 6. The fourth-order valence-corrected chi connectivity index (χ4v) is 5.26. The van der Waals surface area contributed by atoms with Gasteiger partial charge in [0, 0.05) is 44.8 Å². The number of allylic oxidation sites excluding steroid dienone is 1. The first-order valence-corrected chi connectivity index (χ1v) is 12.7. The van der Waals surface area contributed by atoms with E-state index in [4.69, 9.17) is 15.5 Å². The maximum atomic E-state index is 12.6. The van der Waals surface area contributed by atoms with Crippen LogP contribution in [0.5, 0.6) is 5.75 Å². The van der Waals surface area contributed by atoms with Crippen LogP contribution in [0.15, 0.2) is 47.6 Å². The maximum Gasteiger partial charge on any atom is 0.236 e. The van der Waals surface area contributed by atoms with Crippen molar-refractivity contribution in [3.8, 4) is 5.75 Å². The van der Waals surface area contributed by atoms with Crippen LogP contribution in [0.3, 0.4) is 0 Å². The Labute approximate surface area is 207 Å². The SMILES string of the molecule is CC(C)Oc1ccc(C2=NC=C(c3cccc4c3CC[C@@H]4NCC(=O)N3CCNCC3)C2)cc1N. The number of fused-ring (bicyclic) bond motifs is 1. The van der Waals surface area contributed by atoms with Crippen molar-refractivity contribution >= 4 is 22.9 Å². The molecule has 7 nitrogen and oxygen atoms in total. The van der Waals surface area contributed by atoms with E-state index in [-0.39, 0.29) is 18.1 Å². The van der Waals surface area contributed by atoms with Crippen molar-refractivity contribution in [2.75, 3.05) is 38.5 Å². The molecule has 4 N–H and O–H groups in total. The quantitative estimate of drug-likeness (QED) is 0.537. The van der Waals surface area contributed by atoms with Crippen LogP contribution in [0.25, 0.3) is 5.57 Å². The van der Waals surface area contributed by atoms with Crippen LogP contribution < -0.4 is 21.1 Å². The molecule has 1 amide bonds. The van der Waals surface area contributed by atoms with Crippen LogP contribution >= 0.6 is 0 Å². The van der Waals surface area contributed by atoms with Gasteiger partial charge in [-0.3, -0.25) is 9.79 Å². The topological polar surface area (TPSA) is 92.0 Å². The third-order valence-electron chi connectivity index (χ3n) is 7.03. The monoisotopic (exact) mass is 473 g/mol. The third kappa shape index (κ3) is 5.11. The summed E-state index contributed by atoms with van der Waals surface area (Å²) in [6.07, 6.45) is 4.87. The molecule has 184 valence electrons. The maximum absolute atomic E-state index is 12.6. The molecule has 0 aromatic heterocycles. The van der Waals surface area contributed by atoms with E-state index in [1.807, 2.05) is 43.1 Å². The van der Waals surface area contributed by atoms with Gasteiger partial charge < -0.3 is 26.0 Å². The van der Waals surface area contributed by atoms with Crippen LogP contribution in [0.2, 0.25) is 0 Å². The van der Waals surface area contributed by atoms with Gasteiger partial charge in [-0.2, -0.15) is 0 Å². The molecule has 1 atom stereocenters. The average molecular weight is 474 g/mol. The highest BCUT2D eigenvalue weighted by molar-refractivity contribution is 6.09. The highest BCUT2D eigenvalue weighted by atomic mass is 16.5. The molecule has 0 unspecified atom stereocenters. The summed E-state index contributed by atoms with van der Waals surface area (Å²) in [5, 5.41) is 6.82. The summed E-state index contributed by atoms with van der Waals surface area (Å²) in [5.41, 5.74) is 14.1. The van der Waals surface area contributed by atoms with Crippen molar-refractivity contribution in [2.24, 2.45) is 4.99 Å². The van der Waals surface area contributed by atoms with E-state index in [9.17, 15) is 4.79 Å². The lowest BCUT2D eigenvalue weighted by Crippen LogP contribution is -2.49. The molecule has 0 bridgehead atoms. The molecule has 5 rings (SSSR count). The number of nitrogens with zero attached hydrogens (tertiary/aromatic N) is 2. The number of anilines is 1. The lowest BCUT2D eigenvalue weighted by molar-refractivity contribution is -0.130. The van der Waals surface area contributed by atoms with Crippen molar-refractivity contribution in [1.82, 2.24) is 15.5 Å². The molecule has 35 heavy (non-hydrogen) atoms. The van der Waals surface area contributed by atoms with Crippen LogP contribution in [-0.2, 0) is 11.2 Å². The number of nitrogens with two attached hydrogens (primary N) is 1. The number of carbonyl (C=O) groups excluding carboxylic acids is 1. The summed E-state index contributed by atoms with van der Waals surface area (Å²) < 4.78 is 5.77. The Kier molecular flexibility index (Phi) is 6.88. The van der Waals surface area contributed by atoms with E-state index >= 15 is 0 Å². The fourth-order valence-electron chi connectivity index (χ4n) is 5.26. The van der Waals surface area contributed by atoms with Gasteiger partial charge in [-0.25, -0.2) is 0 Å². The number of benzene rings is 2. The highest BCUT2D eigenvalue weighted by Gasteiger charge is 2.27. The number of carbonyl (C=O) groups is 1. The molecule has 0 saturated carbocycles. The first kappa shape index (κ1) is 23.6. The summed E-state index contributed by atoms with van der Waals surface area (Å²) in [6, 6.07) is 12.7. The van der Waals surface area contributed by atoms with Crippen LogP contribution in [0.1, 0.15) is 55.0 Å². The second-order valence-electron chi connectivity index (χ2n) is 9.80. The number of nitrogen functional groups attached to an aromatic ring is 1. The molecule has 1 fully saturated rings. The molecule has 0 spiro atoms. The third-order valence-corrected chi connectivity index (χ3v) is 7.03. The van der Waals surface area contributed by atoms with Gasteiger partial charge in [0.2, 0.25) is 5.91 Å². The number of nitrogens with one attached hydrogen (secondary N) is 2. The number of aliphatic imine (C=N–C) groups is 1. The van der Waals surface area contributed by atoms with Crippen molar-refractivity contribution in [3.63, 3.8) is 0 Å². The first-order valence-electron chi connectivity index (χ1n) is 12.7. The molecule has 2 aromatic rings. The zero-order valence-corrected chi connectivity index (χ0v) is 20.6. The minimum atomic E-state index is 0.0823. The summed E-state index contributed by atoms with van der Waals surface area (Å²) >= 11 is 0. The first-order chi connectivity index (χ1) is 17.0. The number of ether oxygens (including phenoxy) is 1. The van der Waals surface area contributed by atoms with Crippen LogP contribution in [0.4, 0.5) is 5.69 Å². The largest absolute Gasteiger partial charge is 0.489 e. The van der Waals surface area contributed by atoms with E-state index in [2.05, 4.69) is 28.8 Å². The number of piperazine rings is 1. The van der Waals surface area contributed by atoms with Crippen molar-refractivity contribution in [2.45, 2.75) is 45.3 Å². The Morgan fingerprint density at radius 3 is 2.86 bits per heavy atom. The van der Waals surface area contributed by atoms with Gasteiger partial charge in [0.25, 0.3) is 0 Å². The molecule has 1 saturated heterocycles. The van der Waals surface area contributed by atoms with E-state index in [0.29, 0.717) is 18.0 Å². The Balaban J connectivity index is 1.24. The number of amides is 1. The summed E-state index contributed by atoms with van der Waals surface area (Å²) in [5.74, 6) is 0.905. The van der Waals surface area contributed by atoms with Gasteiger partial charge >= 0.3 is 0 Å². The van der Waals surface area contributed by atoms with Crippen molar-refractivity contribution in [3.05, 3.63) is 64.9 Å². The fraction of sp³-hybridized carbons (Fsp3) is 0.429. The Hall–Kier alpha value is -3.16. The van der Waals surface area contributed by atoms with E-state index < -0.39 is 0 Å². The molecule has 2 aliphatic heterocycles. The smallest absolute Gasteiger partial charge is 0.236 e. The highest BCUT2D eigenvalue weighted by Crippen LogP contribution is 2.38. The van der Waals surface area contributed by atoms with Crippen LogP contribution in [0, 0.1) is 0 Å². The minimum Gasteiger partial charge on any atom is -0.489 e. The summed E-state index contributed by atoms with van der Waals surface area (Å²) in [6.45, 7) is 7.72. The zero-order chi connectivity index (χ0) is 24.4. The number of rotatable bonds is 7. The lowest BCUT2D eigenvalue weighted by Gasteiger charge is -2.28. The normalized spacial score (nSPS) is 19.5. The van der Waals surface area contributed by atoms with E-state index in [1.54, 1.807) is 0 Å². The predicted octanol–water partition coefficient (Wildman–Crippen LogP) is 3.30. The van der Waals surface area contributed by atoms with E-state index in [1.165, 1.54) is 22.3 Å². The van der Waals surface area contributed by atoms with Crippen molar-refractivity contribution < 1.29 is 9.53 Å². The standard InChI is InChI=1S/C28H35N5O2/c1-18(2)35-27-9-6-19(14-24(27)29)26-15-20(16-31-26)21-4-3-5-23-22(21)7-8-25(23)32-17-28(34)33-12-10-30-11-13-33/h3-6,9,14,16,18,25,30,32H,7-8,10-13,15,17,29H2,1-2H3/t25-/m0/s1. The van der Waals surface area contributed by atoms with Crippen molar-refractivity contribution in [1.29, 1.82) is 0 Å². The Morgan fingerprint density at radius 1 is 1.26 bits per heavy atom. The lowest BCUT2D eigenvalue weighted by atomic mass is 9.93. The average Bonchev–Trinajstić information content (AvgIpc) is 3.52. The Morgan fingerprint density at radius 2 is 2.09 bits per heavy atom. The second-order valence-corrected chi connectivity index (χ2v) is 9.80. The van der Waals surface area contributed by atoms with Gasteiger partial charge in [-0.1, -0.05) is 18.2 Å². The van der Waals surface area contributed by atoms with Gasteiger partial charge in [-0.05, 0) is 72.7 Å². The molecular weight excluding hydrogens is 438 g/mol. The minimum absolute atomic E-state index is 0.0823. The van der Waals surface area contributed by atoms with Gasteiger partial charge in [0.1, 0.15) is 5.75 Å². The Bertz CT molecular complexity index is 1160. The molecule has 1 aliphatic carbocycles. The molecule has 0 radical (unpaired) electrons. The molecule has 3 aliphatic rings. The molecule has 2 aromatic carbocycles. The van der Waals surface area contributed by atoms with Gasteiger partial charge in [-0.15, -0.1) is 0 Å². The van der Waals surface area contributed by atoms with Gasteiger partial charge in [0.05, 0.1) is 24.0 Å². The summed E-state index contributed by atoms with van der Waals surface area (Å²) in [7, 11) is 0. The predicted molar refractivity (Wildman–Crippen MR) is 141 cm³/mol. The zero-order valence-electron chi connectivity index (χ0n) is 20.6. The summed E-state index contributed by atoms with van der Waals surface area (Å²) in [4.78, 5) is 19.3. The second kappa shape index (κ2) is 10.2. The number of hydrogen-bond donors (Lipinski definition) is 3. The van der Waals surface area contributed by atoms with Gasteiger partial charge in [0.15, 0.2) is 0 Å². The molecular formula is C28H35N5O2.